The minimum Gasteiger partial charge on any atom is -0.508 e. The predicted molar refractivity (Wildman–Crippen MR) is 69.9 cm³/mol. The third-order valence-corrected chi connectivity index (χ3v) is 2.83. The standard InChI is InChI=1S/C15H14O3/c1-9-6-13(18)8-14(15(9)10(2)16)11-4-3-5-12(17)7-11/h3-8,17-18H,1-2H3. The lowest BCUT2D eigenvalue weighted by Crippen LogP contribution is -1.99. The zero-order chi connectivity index (χ0) is 13.3. The topological polar surface area (TPSA) is 57.5 Å². The minimum absolute atomic E-state index is 0.0640. The van der Waals surface area contributed by atoms with Crippen molar-refractivity contribution in [1.29, 1.82) is 0 Å². The number of carbonyl (C=O) groups is 1. The highest BCUT2D eigenvalue weighted by Gasteiger charge is 2.14. The number of ketones is 1. The molecular weight excluding hydrogens is 228 g/mol. The van der Waals surface area contributed by atoms with Crippen LogP contribution in [0.1, 0.15) is 22.8 Å². The molecule has 2 aromatic carbocycles. The molecule has 0 aliphatic heterocycles. The first-order valence-corrected chi connectivity index (χ1v) is 5.63. The quantitative estimate of drug-likeness (QED) is 0.794. The summed E-state index contributed by atoms with van der Waals surface area (Å²) in [6.45, 7) is 3.27. The smallest absolute Gasteiger partial charge is 0.160 e. The molecule has 3 heteroatoms. The Kier molecular flexibility index (Phi) is 3.06. The SMILES string of the molecule is CC(=O)c1c(C)cc(O)cc1-c1cccc(O)c1. The van der Waals surface area contributed by atoms with Gasteiger partial charge in [-0.15, -0.1) is 0 Å². The molecular formula is C15H14O3. The Labute approximate surface area is 105 Å². The summed E-state index contributed by atoms with van der Waals surface area (Å²) in [7, 11) is 0. The summed E-state index contributed by atoms with van der Waals surface area (Å²) in [5.41, 5.74) is 2.63. The van der Waals surface area contributed by atoms with Gasteiger partial charge in [0, 0.05) is 5.56 Å². The summed E-state index contributed by atoms with van der Waals surface area (Å²) in [4.78, 5) is 11.7. The zero-order valence-corrected chi connectivity index (χ0v) is 10.3. The lowest BCUT2D eigenvalue weighted by Gasteiger charge is -2.11. The van der Waals surface area contributed by atoms with Gasteiger partial charge in [0.25, 0.3) is 0 Å². The Balaban J connectivity index is 2.73. The zero-order valence-electron chi connectivity index (χ0n) is 10.3. The Morgan fingerprint density at radius 1 is 1.06 bits per heavy atom. The second kappa shape index (κ2) is 4.53. The molecule has 0 aliphatic carbocycles. The van der Waals surface area contributed by atoms with Crippen molar-refractivity contribution in [2.45, 2.75) is 13.8 Å². The molecule has 0 saturated carbocycles. The van der Waals surface area contributed by atoms with Gasteiger partial charge in [-0.3, -0.25) is 4.79 Å². The van der Waals surface area contributed by atoms with Crippen molar-refractivity contribution < 1.29 is 15.0 Å². The van der Waals surface area contributed by atoms with Gasteiger partial charge in [-0.1, -0.05) is 12.1 Å². The van der Waals surface area contributed by atoms with Crippen molar-refractivity contribution in [3.05, 3.63) is 47.5 Å². The highest BCUT2D eigenvalue weighted by molar-refractivity contribution is 6.02. The van der Waals surface area contributed by atoms with E-state index in [0.29, 0.717) is 16.7 Å². The lowest BCUT2D eigenvalue weighted by molar-refractivity contribution is 0.101. The first kappa shape index (κ1) is 12.2. The highest BCUT2D eigenvalue weighted by Crippen LogP contribution is 2.32. The van der Waals surface area contributed by atoms with Gasteiger partial charge in [0.05, 0.1) is 0 Å². The van der Waals surface area contributed by atoms with Crippen molar-refractivity contribution in [2.75, 3.05) is 0 Å². The maximum atomic E-state index is 11.7. The predicted octanol–water partition coefficient (Wildman–Crippen LogP) is 3.28. The Hall–Kier alpha value is -2.29. The van der Waals surface area contributed by atoms with Crippen LogP contribution >= 0.6 is 0 Å². The van der Waals surface area contributed by atoms with Gasteiger partial charge in [-0.05, 0) is 54.8 Å². The number of Topliss-reactive ketones (excluding diaryl/α,β-unsaturated/α-hetero) is 1. The van der Waals surface area contributed by atoms with Crippen LogP contribution in [0, 0.1) is 6.92 Å². The number of benzene rings is 2. The van der Waals surface area contributed by atoms with E-state index in [0.717, 1.165) is 5.56 Å². The van der Waals surface area contributed by atoms with Crippen LogP contribution in [-0.2, 0) is 0 Å². The number of rotatable bonds is 2. The van der Waals surface area contributed by atoms with E-state index in [4.69, 9.17) is 0 Å². The van der Waals surface area contributed by atoms with Crippen LogP contribution in [0.25, 0.3) is 11.1 Å². The molecule has 2 N–H and O–H groups in total. The number of hydrogen-bond acceptors (Lipinski definition) is 3. The summed E-state index contributed by atoms with van der Waals surface area (Å²) in [6.07, 6.45) is 0. The number of carbonyl (C=O) groups excluding carboxylic acids is 1. The van der Waals surface area contributed by atoms with Crippen LogP contribution in [0.5, 0.6) is 11.5 Å². The maximum Gasteiger partial charge on any atom is 0.160 e. The van der Waals surface area contributed by atoms with Gasteiger partial charge < -0.3 is 10.2 Å². The molecule has 18 heavy (non-hydrogen) atoms. The fourth-order valence-corrected chi connectivity index (χ4v) is 2.14. The average Bonchev–Trinajstić information content (AvgIpc) is 2.27. The molecule has 0 aliphatic rings. The van der Waals surface area contributed by atoms with Crippen molar-refractivity contribution in [1.82, 2.24) is 0 Å². The molecule has 0 bridgehead atoms. The molecule has 0 unspecified atom stereocenters. The van der Waals surface area contributed by atoms with E-state index < -0.39 is 0 Å². The van der Waals surface area contributed by atoms with Gasteiger partial charge in [-0.2, -0.15) is 0 Å². The van der Waals surface area contributed by atoms with Crippen LogP contribution < -0.4 is 0 Å². The summed E-state index contributed by atoms with van der Waals surface area (Å²) in [5.74, 6) is 0.171. The van der Waals surface area contributed by atoms with E-state index in [-0.39, 0.29) is 17.3 Å². The third-order valence-electron chi connectivity index (χ3n) is 2.83. The van der Waals surface area contributed by atoms with E-state index in [9.17, 15) is 15.0 Å². The van der Waals surface area contributed by atoms with Crippen LogP contribution in [0.4, 0.5) is 0 Å². The number of aryl methyl sites for hydroxylation is 1. The first-order valence-electron chi connectivity index (χ1n) is 5.63. The second-order valence-corrected chi connectivity index (χ2v) is 4.29. The van der Waals surface area contributed by atoms with Crippen LogP contribution in [0.15, 0.2) is 36.4 Å². The molecule has 92 valence electrons. The van der Waals surface area contributed by atoms with E-state index in [2.05, 4.69) is 0 Å². The van der Waals surface area contributed by atoms with E-state index in [1.54, 1.807) is 43.3 Å². The molecule has 2 aromatic rings. The molecule has 0 heterocycles. The molecule has 0 atom stereocenters. The fourth-order valence-electron chi connectivity index (χ4n) is 2.14. The van der Waals surface area contributed by atoms with Crippen molar-refractivity contribution >= 4 is 5.78 Å². The molecule has 3 nitrogen and oxygen atoms in total. The Morgan fingerprint density at radius 3 is 2.39 bits per heavy atom. The number of phenolic OH excluding ortho intramolecular Hbond substituents is 2. The summed E-state index contributed by atoms with van der Waals surface area (Å²) in [6, 6.07) is 9.73. The molecule has 0 aromatic heterocycles. The molecule has 0 spiro atoms. The molecule has 0 saturated heterocycles. The normalized spacial score (nSPS) is 10.3. The Morgan fingerprint density at radius 2 is 1.78 bits per heavy atom. The Bertz CT molecular complexity index is 615. The van der Waals surface area contributed by atoms with Gasteiger partial charge in [0.1, 0.15) is 11.5 Å². The van der Waals surface area contributed by atoms with E-state index in [1.165, 1.54) is 6.92 Å². The van der Waals surface area contributed by atoms with Gasteiger partial charge in [0.15, 0.2) is 5.78 Å². The first-order chi connectivity index (χ1) is 8.49. The summed E-state index contributed by atoms with van der Waals surface area (Å²) >= 11 is 0. The molecule has 0 fully saturated rings. The van der Waals surface area contributed by atoms with Crippen LogP contribution in [0.3, 0.4) is 0 Å². The molecule has 2 rings (SSSR count). The van der Waals surface area contributed by atoms with Crippen LogP contribution in [-0.4, -0.2) is 16.0 Å². The van der Waals surface area contributed by atoms with E-state index in [1.807, 2.05) is 0 Å². The number of aromatic hydroxyl groups is 2. The monoisotopic (exact) mass is 242 g/mol. The van der Waals surface area contributed by atoms with Gasteiger partial charge in [0.2, 0.25) is 0 Å². The highest BCUT2D eigenvalue weighted by atomic mass is 16.3. The fraction of sp³-hybridized carbons (Fsp3) is 0.133. The second-order valence-electron chi connectivity index (χ2n) is 4.29. The number of phenols is 2. The lowest BCUT2D eigenvalue weighted by atomic mass is 9.93. The molecule has 0 amide bonds. The minimum atomic E-state index is -0.0640. The van der Waals surface area contributed by atoms with Crippen LogP contribution in [0.2, 0.25) is 0 Å². The average molecular weight is 242 g/mol. The molecule has 0 radical (unpaired) electrons. The van der Waals surface area contributed by atoms with Crippen molar-refractivity contribution in [2.24, 2.45) is 0 Å². The summed E-state index contributed by atoms with van der Waals surface area (Å²) in [5, 5.41) is 19.2. The van der Waals surface area contributed by atoms with Crippen molar-refractivity contribution in [3.8, 4) is 22.6 Å². The summed E-state index contributed by atoms with van der Waals surface area (Å²) < 4.78 is 0. The third kappa shape index (κ3) is 2.20. The van der Waals surface area contributed by atoms with Gasteiger partial charge >= 0.3 is 0 Å². The van der Waals surface area contributed by atoms with E-state index >= 15 is 0 Å². The van der Waals surface area contributed by atoms with Crippen molar-refractivity contribution in [3.63, 3.8) is 0 Å². The maximum absolute atomic E-state index is 11.7. The van der Waals surface area contributed by atoms with Gasteiger partial charge in [-0.25, -0.2) is 0 Å². The number of hydrogen-bond donors (Lipinski definition) is 2. The largest absolute Gasteiger partial charge is 0.508 e.